The molecule has 0 atom stereocenters. The summed E-state index contributed by atoms with van der Waals surface area (Å²) in [6.45, 7) is 4.24. The Morgan fingerprint density at radius 2 is 2.00 bits per heavy atom. The summed E-state index contributed by atoms with van der Waals surface area (Å²) in [7, 11) is 1.39. The Morgan fingerprint density at radius 1 is 1.27 bits per heavy atom. The number of aliphatic hydroxyl groups excluding tert-OH is 1. The highest BCUT2D eigenvalue weighted by Gasteiger charge is 2.31. The van der Waals surface area contributed by atoms with E-state index in [1.807, 2.05) is 6.92 Å². The van der Waals surface area contributed by atoms with Crippen LogP contribution in [0.4, 0.5) is 0 Å². The van der Waals surface area contributed by atoms with Gasteiger partial charge in [0.1, 0.15) is 0 Å². The molecule has 1 saturated carbocycles. The molecule has 6 heteroatoms. The Balaban J connectivity index is 2.56. The lowest BCUT2D eigenvalue weighted by Gasteiger charge is -2.35. The van der Waals surface area contributed by atoms with E-state index in [2.05, 4.69) is 20.4 Å². The van der Waals surface area contributed by atoms with Crippen LogP contribution < -0.4 is 10.6 Å². The number of guanidine groups is 1. The van der Waals surface area contributed by atoms with E-state index in [1.165, 1.54) is 26.4 Å². The Morgan fingerprint density at radius 3 is 2.59 bits per heavy atom. The van der Waals surface area contributed by atoms with Gasteiger partial charge in [-0.3, -0.25) is 9.79 Å². The van der Waals surface area contributed by atoms with Gasteiger partial charge in [0.25, 0.3) is 0 Å². The van der Waals surface area contributed by atoms with Crippen molar-refractivity contribution in [3.63, 3.8) is 0 Å². The van der Waals surface area contributed by atoms with Gasteiger partial charge in [-0.25, -0.2) is 0 Å². The fraction of sp³-hybridized carbons (Fsp3) is 0.875. The van der Waals surface area contributed by atoms with Crippen molar-refractivity contribution >= 4 is 11.9 Å². The summed E-state index contributed by atoms with van der Waals surface area (Å²) in [5.74, 6) is 0.502. The molecule has 0 bridgehead atoms. The normalized spacial score (nSPS) is 17.9. The molecule has 0 amide bonds. The molecule has 0 aromatic carbocycles. The van der Waals surface area contributed by atoms with Crippen LogP contribution in [0.5, 0.6) is 0 Å². The topological polar surface area (TPSA) is 83.0 Å². The van der Waals surface area contributed by atoms with E-state index in [4.69, 9.17) is 0 Å². The minimum absolute atomic E-state index is 0.137. The lowest BCUT2D eigenvalue weighted by Crippen LogP contribution is -2.40. The number of nitrogens with one attached hydrogen (secondary N) is 2. The smallest absolute Gasteiger partial charge is 0.307 e. The second-order valence-electron chi connectivity index (χ2n) is 5.98. The first-order valence-corrected chi connectivity index (χ1v) is 8.35. The molecular weight excluding hydrogens is 282 g/mol. The molecule has 0 radical (unpaired) electrons. The fourth-order valence-electron chi connectivity index (χ4n) is 3.00. The van der Waals surface area contributed by atoms with Gasteiger partial charge in [0.2, 0.25) is 0 Å². The number of esters is 1. The highest BCUT2D eigenvalue weighted by Crippen LogP contribution is 2.39. The molecular formula is C16H31N3O3. The monoisotopic (exact) mass is 313 g/mol. The summed E-state index contributed by atoms with van der Waals surface area (Å²) in [6, 6.07) is 0. The third kappa shape index (κ3) is 6.64. The SMILES string of the molecule is CCNC(=NCC1(CCO)CCCCC1)NCCC(=O)OC. The van der Waals surface area contributed by atoms with Gasteiger partial charge >= 0.3 is 5.97 Å². The third-order valence-corrected chi connectivity index (χ3v) is 4.32. The van der Waals surface area contributed by atoms with Crippen molar-refractivity contribution in [2.24, 2.45) is 10.4 Å². The first kappa shape index (κ1) is 18.7. The minimum Gasteiger partial charge on any atom is -0.469 e. The Hall–Kier alpha value is -1.30. The van der Waals surface area contributed by atoms with E-state index in [0.29, 0.717) is 13.0 Å². The maximum atomic E-state index is 11.1. The molecule has 0 heterocycles. The fourth-order valence-corrected chi connectivity index (χ4v) is 3.00. The van der Waals surface area contributed by atoms with Gasteiger partial charge in [-0.15, -0.1) is 0 Å². The Kier molecular flexibility index (Phi) is 8.89. The molecule has 128 valence electrons. The molecule has 0 aromatic rings. The second-order valence-corrected chi connectivity index (χ2v) is 5.98. The summed E-state index contributed by atoms with van der Waals surface area (Å²) in [5, 5.41) is 15.7. The van der Waals surface area contributed by atoms with E-state index in [0.717, 1.165) is 38.3 Å². The quantitative estimate of drug-likeness (QED) is 0.359. The van der Waals surface area contributed by atoms with Crippen molar-refractivity contribution in [2.75, 3.05) is 33.4 Å². The van der Waals surface area contributed by atoms with Crippen LogP contribution in [0.15, 0.2) is 4.99 Å². The molecule has 6 nitrogen and oxygen atoms in total. The first-order valence-electron chi connectivity index (χ1n) is 8.35. The zero-order valence-corrected chi connectivity index (χ0v) is 14.0. The number of rotatable bonds is 8. The van der Waals surface area contributed by atoms with E-state index >= 15 is 0 Å². The number of carbonyl (C=O) groups excluding carboxylic acids is 1. The van der Waals surface area contributed by atoms with Gasteiger partial charge < -0.3 is 20.5 Å². The van der Waals surface area contributed by atoms with Crippen molar-refractivity contribution in [3.8, 4) is 0 Å². The summed E-state index contributed by atoms with van der Waals surface area (Å²) in [5.41, 5.74) is 0.137. The van der Waals surface area contributed by atoms with E-state index in [9.17, 15) is 9.90 Å². The molecule has 1 aliphatic rings. The van der Waals surface area contributed by atoms with Crippen LogP contribution in [0.1, 0.15) is 51.9 Å². The predicted molar refractivity (Wildman–Crippen MR) is 87.8 cm³/mol. The number of hydrogen-bond acceptors (Lipinski definition) is 4. The summed E-state index contributed by atoms with van der Waals surface area (Å²) in [6.07, 6.45) is 7.15. The molecule has 22 heavy (non-hydrogen) atoms. The minimum atomic E-state index is -0.229. The number of hydrogen-bond donors (Lipinski definition) is 3. The number of nitrogens with zero attached hydrogens (tertiary/aromatic N) is 1. The average Bonchev–Trinajstić information content (AvgIpc) is 2.53. The van der Waals surface area contributed by atoms with Crippen LogP contribution in [0, 0.1) is 5.41 Å². The molecule has 1 aliphatic carbocycles. The van der Waals surface area contributed by atoms with Crippen molar-refractivity contribution < 1.29 is 14.6 Å². The first-order chi connectivity index (χ1) is 10.7. The van der Waals surface area contributed by atoms with Crippen LogP contribution in [0.3, 0.4) is 0 Å². The van der Waals surface area contributed by atoms with Crippen LogP contribution >= 0.6 is 0 Å². The predicted octanol–water partition coefficient (Wildman–Crippen LogP) is 1.44. The maximum Gasteiger partial charge on any atom is 0.307 e. The molecule has 0 unspecified atom stereocenters. The van der Waals surface area contributed by atoms with Crippen LogP contribution in [-0.4, -0.2) is 50.4 Å². The number of methoxy groups -OCH3 is 1. The average molecular weight is 313 g/mol. The maximum absolute atomic E-state index is 11.1. The summed E-state index contributed by atoms with van der Waals surface area (Å²) >= 11 is 0. The van der Waals surface area contributed by atoms with Gasteiger partial charge in [0.15, 0.2) is 5.96 Å². The van der Waals surface area contributed by atoms with Crippen LogP contribution in [0.25, 0.3) is 0 Å². The molecule has 0 spiro atoms. The van der Waals surface area contributed by atoms with Gasteiger partial charge in [0.05, 0.1) is 13.5 Å². The largest absolute Gasteiger partial charge is 0.469 e. The number of aliphatic hydroxyl groups is 1. The van der Waals surface area contributed by atoms with Gasteiger partial charge in [-0.2, -0.15) is 0 Å². The Labute approximate surface area is 133 Å². The zero-order valence-electron chi connectivity index (χ0n) is 14.0. The highest BCUT2D eigenvalue weighted by atomic mass is 16.5. The molecule has 0 aromatic heterocycles. The number of carbonyl (C=O) groups is 1. The van der Waals surface area contributed by atoms with Crippen molar-refractivity contribution in [1.29, 1.82) is 0 Å². The van der Waals surface area contributed by atoms with Crippen molar-refractivity contribution in [2.45, 2.75) is 51.9 Å². The summed E-state index contributed by atoms with van der Waals surface area (Å²) < 4.78 is 4.63. The molecule has 1 fully saturated rings. The summed E-state index contributed by atoms with van der Waals surface area (Å²) in [4.78, 5) is 15.8. The standard InChI is InChI=1S/C16H31N3O3/c1-3-17-15(18-11-7-14(21)22-2)19-13-16(10-12-20)8-5-4-6-9-16/h20H,3-13H2,1-2H3,(H2,17,18,19). The van der Waals surface area contributed by atoms with E-state index in [1.54, 1.807) is 0 Å². The van der Waals surface area contributed by atoms with E-state index in [-0.39, 0.29) is 18.0 Å². The molecule has 3 N–H and O–H groups in total. The van der Waals surface area contributed by atoms with Gasteiger partial charge in [-0.1, -0.05) is 19.3 Å². The lowest BCUT2D eigenvalue weighted by atomic mass is 9.72. The van der Waals surface area contributed by atoms with Crippen LogP contribution in [0.2, 0.25) is 0 Å². The molecule has 1 rings (SSSR count). The molecule has 0 aliphatic heterocycles. The highest BCUT2D eigenvalue weighted by molar-refractivity contribution is 5.80. The number of ether oxygens (including phenoxy) is 1. The van der Waals surface area contributed by atoms with Gasteiger partial charge in [0, 0.05) is 26.2 Å². The van der Waals surface area contributed by atoms with Crippen LogP contribution in [-0.2, 0) is 9.53 Å². The Bertz CT molecular complexity index is 347. The van der Waals surface area contributed by atoms with Crippen molar-refractivity contribution in [1.82, 2.24) is 10.6 Å². The lowest BCUT2D eigenvalue weighted by molar-refractivity contribution is -0.140. The second kappa shape index (κ2) is 10.4. The zero-order chi connectivity index (χ0) is 16.3. The third-order valence-electron chi connectivity index (χ3n) is 4.32. The van der Waals surface area contributed by atoms with E-state index < -0.39 is 0 Å². The number of aliphatic imine (C=N–C) groups is 1. The van der Waals surface area contributed by atoms with Crippen molar-refractivity contribution in [3.05, 3.63) is 0 Å². The van der Waals surface area contributed by atoms with Gasteiger partial charge in [-0.05, 0) is 31.6 Å². The molecule has 0 saturated heterocycles.